The van der Waals surface area contributed by atoms with E-state index in [2.05, 4.69) is 10.6 Å². The smallest absolute Gasteiger partial charge is 0.407 e. The predicted molar refractivity (Wildman–Crippen MR) is 54.7 cm³/mol. The monoisotopic (exact) mass is 214 g/mol. The summed E-state index contributed by atoms with van der Waals surface area (Å²) in [7, 11) is 0. The zero-order chi connectivity index (χ0) is 10.7. The molecule has 2 rings (SSSR count). The molecule has 0 aromatic carbocycles. The van der Waals surface area contributed by atoms with Gasteiger partial charge in [0.25, 0.3) is 0 Å². The van der Waals surface area contributed by atoms with Crippen LogP contribution in [-0.2, 0) is 9.47 Å². The van der Waals surface area contributed by atoms with Gasteiger partial charge in [-0.05, 0) is 19.8 Å². The number of hydrogen-bond donors (Lipinski definition) is 2. The number of carbonyl (C=O) groups is 1. The Hall–Kier alpha value is -0.810. The largest absolute Gasteiger partial charge is 0.447 e. The van der Waals surface area contributed by atoms with E-state index in [1.54, 1.807) is 0 Å². The summed E-state index contributed by atoms with van der Waals surface area (Å²) >= 11 is 0. The Morgan fingerprint density at radius 1 is 1.53 bits per heavy atom. The minimum atomic E-state index is -0.320. The average Bonchev–Trinajstić information content (AvgIpc) is 2.99. The lowest BCUT2D eigenvalue weighted by atomic mass is 10.2. The molecule has 0 aromatic rings. The number of alkyl carbamates (subject to hydrolysis) is 1. The highest BCUT2D eigenvalue weighted by Crippen LogP contribution is 2.18. The molecule has 2 unspecified atom stereocenters. The van der Waals surface area contributed by atoms with Crippen molar-refractivity contribution in [2.24, 2.45) is 0 Å². The van der Waals surface area contributed by atoms with Crippen LogP contribution in [0.3, 0.4) is 0 Å². The van der Waals surface area contributed by atoms with Gasteiger partial charge >= 0.3 is 6.09 Å². The van der Waals surface area contributed by atoms with Gasteiger partial charge in [-0.15, -0.1) is 0 Å². The van der Waals surface area contributed by atoms with Crippen LogP contribution < -0.4 is 10.6 Å². The minimum Gasteiger partial charge on any atom is -0.447 e. The van der Waals surface area contributed by atoms with Crippen molar-refractivity contribution in [3.63, 3.8) is 0 Å². The van der Waals surface area contributed by atoms with Crippen molar-refractivity contribution >= 4 is 6.09 Å². The number of nitrogens with one attached hydrogen (secondary N) is 2. The van der Waals surface area contributed by atoms with Gasteiger partial charge in [0.2, 0.25) is 0 Å². The molecular weight excluding hydrogens is 196 g/mol. The van der Waals surface area contributed by atoms with Gasteiger partial charge in [0.05, 0.1) is 6.10 Å². The van der Waals surface area contributed by atoms with E-state index in [0.717, 1.165) is 25.9 Å². The van der Waals surface area contributed by atoms with Crippen molar-refractivity contribution in [3.8, 4) is 0 Å². The third-order valence-corrected chi connectivity index (χ3v) is 2.53. The zero-order valence-electron chi connectivity index (χ0n) is 8.99. The molecule has 1 heterocycles. The van der Waals surface area contributed by atoms with E-state index in [0.29, 0.717) is 12.6 Å². The summed E-state index contributed by atoms with van der Waals surface area (Å²) in [5, 5.41) is 5.99. The molecule has 15 heavy (non-hydrogen) atoms. The lowest BCUT2D eigenvalue weighted by molar-refractivity contribution is -0.0546. The van der Waals surface area contributed by atoms with Gasteiger partial charge in [-0.3, -0.25) is 0 Å². The van der Waals surface area contributed by atoms with E-state index in [4.69, 9.17) is 9.47 Å². The summed E-state index contributed by atoms with van der Waals surface area (Å²) < 4.78 is 10.7. The lowest BCUT2D eigenvalue weighted by Gasteiger charge is -2.28. The van der Waals surface area contributed by atoms with E-state index < -0.39 is 0 Å². The number of morpholine rings is 1. The quantitative estimate of drug-likeness (QED) is 0.707. The highest BCUT2D eigenvalue weighted by Gasteiger charge is 2.25. The summed E-state index contributed by atoms with van der Waals surface area (Å²) in [4.78, 5) is 11.2. The summed E-state index contributed by atoms with van der Waals surface area (Å²) in [5.74, 6) is 0. The molecule has 2 atom stereocenters. The fraction of sp³-hybridized carbons (Fsp3) is 0.900. The van der Waals surface area contributed by atoms with Crippen molar-refractivity contribution in [3.05, 3.63) is 0 Å². The Bertz CT molecular complexity index is 231. The second-order valence-electron chi connectivity index (χ2n) is 4.24. The van der Waals surface area contributed by atoms with Crippen LogP contribution in [0.4, 0.5) is 4.79 Å². The maximum Gasteiger partial charge on any atom is 0.407 e. The highest BCUT2D eigenvalue weighted by atomic mass is 16.6. The first-order valence-corrected chi connectivity index (χ1v) is 5.53. The highest BCUT2D eigenvalue weighted by molar-refractivity contribution is 5.67. The Kier molecular flexibility index (Phi) is 3.43. The summed E-state index contributed by atoms with van der Waals surface area (Å²) in [6, 6.07) is 0.349. The molecule has 2 aliphatic rings. The standard InChI is InChI=1S/C10H18N2O3/c1-7-4-11-5-9(15-7)6-14-10(13)12-8-2-3-8/h7-9,11H,2-6H2,1H3,(H,12,13). The molecule has 1 amide bonds. The number of ether oxygens (including phenoxy) is 2. The van der Waals surface area contributed by atoms with Crippen LogP contribution in [0.5, 0.6) is 0 Å². The Morgan fingerprint density at radius 2 is 2.33 bits per heavy atom. The second kappa shape index (κ2) is 4.81. The van der Waals surface area contributed by atoms with Crippen LogP contribution in [-0.4, -0.2) is 44.0 Å². The molecule has 1 saturated carbocycles. The maximum atomic E-state index is 11.2. The molecule has 5 heteroatoms. The zero-order valence-corrected chi connectivity index (χ0v) is 8.99. The van der Waals surface area contributed by atoms with Crippen LogP contribution in [0.25, 0.3) is 0 Å². The fourth-order valence-corrected chi connectivity index (χ4v) is 1.58. The molecule has 2 N–H and O–H groups in total. The second-order valence-corrected chi connectivity index (χ2v) is 4.24. The topological polar surface area (TPSA) is 59.6 Å². The Balaban J connectivity index is 1.61. The molecule has 0 radical (unpaired) electrons. The number of hydrogen-bond acceptors (Lipinski definition) is 4. The summed E-state index contributed by atoms with van der Waals surface area (Å²) in [6.07, 6.45) is 2.01. The van der Waals surface area contributed by atoms with Gasteiger partial charge < -0.3 is 20.1 Å². The van der Waals surface area contributed by atoms with E-state index in [1.807, 2.05) is 6.92 Å². The van der Waals surface area contributed by atoms with Gasteiger partial charge in [-0.25, -0.2) is 4.79 Å². The lowest BCUT2D eigenvalue weighted by Crippen LogP contribution is -2.46. The molecule has 1 aliphatic carbocycles. The van der Waals surface area contributed by atoms with Crippen molar-refractivity contribution in [1.82, 2.24) is 10.6 Å². The molecule has 0 bridgehead atoms. The van der Waals surface area contributed by atoms with E-state index in [-0.39, 0.29) is 18.3 Å². The molecule has 0 spiro atoms. The first-order valence-electron chi connectivity index (χ1n) is 5.53. The van der Waals surface area contributed by atoms with Gasteiger partial charge in [-0.2, -0.15) is 0 Å². The van der Waals surface area contributed by atoms with Gasteiger partial charge in [0, 0.05) is 19.1 Å². The molecule has 1 saturated heterocycles. The fourth-order valence-electron chi connectivity index (χ4n) is 1.58. The Morgan fingerprint density at radius 3 is 3.00 bits per heavy atom. The van der Waals surface area contributed by atoms with Crippen LogP contribution in [0.2, 0.25) is 0 Å². The van der Waals surface area contributed by atoms with Crippen LogP contribution in [0.15, 0.2) is 0 Å². The van der Waals surface area contributed by atoms with Crippen molar-refractivity contribution < 1.29 is 14.3 Å². The summed E-state index contributed by atoms with van der Waals surface area (Å²) in [6.45, 7) is 3.95. The maximum absolute atomic E-state index is 11.2. The van der Waals surface area contributed by atoms with Crippen LogP contribution in [0.1, 0.15) is 19.8 Å². The molecule has 86 valence electrons. The molecule has 2 fully saturated rings. The van der Waals surface area contributed by atoms with Crippen molar-refractivity contribution in [2.75, 3.05) is 19.7 Å². The van der Waals surface area contributed by atoms with Gasteiger partial charge in [-0.1, -0.05) is 0 Å². The number of rotatable bonds is 3. The van der Waals surface area contributed by atoms with Crippen molar-refractivity contribution in [1.29, 1.82) is 0 Å². The molecule has 5 nitrogen and oxygen atoms in total. The van der Waals surface area contributed by atoms with Crippen LogP contribution >= 0.6 is 0 Å². The number of amides is 1. The molecular formula is C10H18N2O3. The van der Waals surface area contributed by atoms with Crippen molar-refractivity contribution in [2.45, 2.75) is 38.0 Å². The SMILES string of the molecule is CC1CNCC(COC(=O)NC2CC2)O1. The van der Waals surface area contributed by atoms with Crippen LogP contribution in [0, 0.1) is 0 Å². The average molecular weight is 214 g/mol. The first-order chi connectivity index (χ1) is 7.24. The Labute approximate surface area is 89.5 Å². The molecule has 1 aliphatic heterocycles. The number of carbonyl (C=O) groups excluding carboxylic acids is 1. The van der Waals surface area contributed by atoms with E-state index >= 15 is 0 Å². The molecule has 0 aromatic heterocycles. The minimum absolute atomic E-state index is 0.0151. The third kappa shape index (κ3) is 3.68. The summed E-state index contributed by atoms with van der Waals surface area (Å²) in [5.41, 5.74) is 0. The normalized spacial score (nSPS) is 31.0. The third-order valence-electron chi connectivity index (χ3n) is 2.53. The van der Waals surface area contributed by atoms with E-state index in [9.17, 15) is 4.79 Å². The van der Waals surface area contributed by atoms with Gasteiger partial charge in [0.15, 0.2) is 0 Å². The van der Waals surface area contributed by atoms with E-state index in [1.165, 1.54) is 0 Å². The first kappa shape index (κ1) is 10.7. The predicted octanol–water partition coefficient (Wildman–Crippen LogP) is 0.252. The van der Waals surface area contributed by atoms with Gasteiger partial charge in [0.1, 0.15) is 12.7 Å².